The summed E-state index contributed by atoms with van der Waals surface area (Å²) >= 11 is 0. The lowest BCUT2D eigenvalue weighted by Gasteiger charge is -2.08. The fourth-order valence-corrected chi connectivity index (χ4v) is 2.15. The number of rotatable bonds is 3. The molecule has 1 aliphatic heterocycles. The summed E-state index contributed by atoms with van der Waals surface area (Å²) in [6.45, 7) is 1.92. The molecule has 1 atom stereocenters. The smallest absolute Gasteiger partial charge is 0.271 e. The van der Waals surface area contributed by atoms with Crippen LogP contribution in [0.15, 0.2) is 18.2 Å². The number of aromatic amines is 1. The highest BCUT2D eigenvalue weighted by atomic mass is 35.5. The van der Waals surface area contributed by atoms with Gasteiger partial charge in [-0.15, -0.1) is 12.4 Å². The molecular weight excluding hydrogens is 270 g/mol. The molecule has 1 saturated heterocycles. The Hall–Kier alpha value is -1.86. The lowest BCUT2D eigenvalue weighted by atomic mass is 10.3. The molecule has 3 N–H and O–H groups in total. The highest BCUT2D eigenvalue weighted by Crippen LogP contribution is 2.21. The minimum absolute atomic E-state index is 0. The molecule has 7 nitrogen and oxygen atoms in total. The van der Waals surface area contributed by atoms with E-state index in [-0.39, 0.29) is 18.1 Å². The first-order valence-corrected chi connectivity index (χ1v) is 5.84. The first kappa shape index (κ1) is 13.6. The van der Waals surface area contributed by atoms with E-state index in [9.17, 15) is 10.1 Å². The molecule has 102 valence electrons. The monoisotopic (exact) mass is 283 g/mol. The van der Waals surface area contributed by atoms with Crippen LogP contribution >= 0.6 is 12.4 Å². The van der Waals surface area contributed by atoms with Crippen molar-refractivity contribution in [2.24, 2.45) is 0 Å². The van der Waals surface area contributed by atoms with Gasteiger partial charge in [-0.25, -0.2) is 4.98 Å². The van der Waals surface area contributed by atoms with Gasteiger partial charge in [-0.3, -0.25) is 10.1 Å². The number of hydrogen-bond acceptors (Lipinski definition) is 5. The van der Waals surface area contributed by atoms with Gasteiger partial charge < -0.3 is 15.6 Å². The second kappa shape index (κ2) is 5.41. The van der Waals surface area contributed by atoms with Crippen LogP contribution in [0.5, 0.6) is 0 Å². The van der Waals surface area contributed by atoms with Gasteiger partial charge in [-0.1, -0.05) is 0 Å². The number of aromatic nitrogens is 2. The maximum atomic E-state index is 10.7. The molecule has 0 saturated carbocycles. The molecule has 0 aliphatic carbocycles. The zero-order chi connectivity index (χ0) is 12.5. The summed E-state index contributed by atoms with van der Waals surface area (Å²) in [5.41, 5.74) is 1.48. The molecule has 3 rings (SSSR count). The van der Waals surface area contributed by atoms with Gasteiger partial charge in [0.25, 0.3) is 5.69 Å². The fourth-order valence-electron chi connectivity index (χ4n) is 2.15. The number of anilines is 1. The Labute approximate surface area is 115 Å². The van der Waals surface area contributed by atoms with Gasteiger partial charge in [0.2, 0.25) is 5.95 Å². The maximum Gasteiger partial charge on any atom is 0.271 e. The molecule has 2 heterocycles. The quantitative estimate of drug-likeness (QED) is 0.588. The third-order valence-electron chi connectivity index (χ3n) is 3.08. The van der Waals surface area contributed by atoms with Crippen molar-refractivity contribution in [2.45, 2.75) is 12.5 Å². The van der Waals surface area contributed by atoms with E-state index in [4.69, 9.17) is 0 Å². The minimum Gasteiger partial charge on any atom is -0.352 e. The third-order valence-corrected chi connectivity index (χ3v) is 3.08. The Morgan fingerprint density at radius 2 is 2.32 bits per heavy atom. The van der Waals surface area contributed by atoms with Crippen LogP contribution in [0.3, 0.4) is 0 Å². The third kappa shape index (κ3) is 2.77. The van der Waals surface area contributed by atoms with Crippen molar-refractivity contribution >= 4 is 35.1 Å². The van der Waals surface area contributed by atoms with Crippen LogP contribution in [-0.2, 0) is 0 Å². The van der Waals surface area contributed by atoms with E-state index in [0.29, 0.717) is 17.5 Å². The van der Waals surface area contributed by atoms with Crippen molar-refractivity contribution in [2.75, 3.05) is 18.4 Å². The van der Waals surface area contributed by atoms with Crippen molar-refractivity contribution in [1.29, 1.82) is 0 Å². The first-order valence-electron chi connectivity index (χ1n) is 5.84. The molecule has 0 bridgehead atoms. The molecule has 1 aromatic heterocycles. The molecule has 0 amide bonds. The van der Waals surface area contributed by atoms with Crippen molar-refractivity contribution < 1.29 is 4.92 Å². The molecule has 8 heteroatoms. The predicted octanol–water partition coefficient (Wildman–Crippen LogP) is 1.67. The van der Waals surface area contributed by atoms with Crippen LogP contribution < -0.4 is 10.6 Å². The summed E-state index contributed by atoms with van der Waals surface area (Å²) in [6.07, 6.45) is 1.05. The van der Waals surface area contributed by atoms with Crippen molar-refractivity contribution in [3.8, 4) is 0 Å². The highest BCUT2D eigenvalue weighted by Gasteiger charge is 2.16. The maximum absolute atomic E-state index is 10.7. The Morgan fingerprint density at radius 3 is 3.00 bits per heavy atom. The fraction of sp³-hybridized carbons (Fsp3) is 0.364. The largest absolute Gasteiger partial charge is 0.352 e. The second-order valence-corrected chi connectivity index (χ2v) is 4.38. The normalized spacial score (nSPS) is 18.2. The first-order chi connectivity index (χ1) is 8.72. The molecule has 1 aromatic carbocycles. The number of nitrogens with zero attached hydrogens (tertiary/aromatic N) is 2. The van der Waals surface area contributed by atoms with Gasteiger partial charge in [0.05, 0.1) is 16.0 Å². The number of hydrogen-bond donors (Lipinski definition) is 3. The van der Waals surface area contributed by atoms with Crippen molar-refractivity contribution in [3.05, 3.63) is 28.3 Å². The van der Waals surface area contributed by atoms with Gasteiger partial charge in [0.1, 0.15) is 0 Å². The van der Waals surface area contributed by atoms with Gasteiger partial charge in [-0.2, -0.15) is 0 Å². The molecule has 0 radical (unpaired) electrons. The Kier molecular flexibility index (Phi) is 3.87. The molecule has 0 spiro atoms. The summed E-state index contributed by atoms with van der Waals surface area (Å²) in [7, 11) is 0. The van der Waals surface area contributed by atoms with E-state index in [1.807, 2.05) is 0 Å². The molecule has 0 unspecified atom stereocenters. The van der Waals surface area contributed by atoms with E-state index in [1.54, 1.807) is 6.07 Å². The summed E-state index contributed by atoms with van der Waals surface area (Å²) in [4.78, 5) is 17.7. The molecular formula is C11H14ClN5O2. The lowest BCUT2D eigenvalue weighted by Crippen LogP contribution is -2.22. The van der Waals surface area contributed by atoms with Crippen LogP contribution in [0.4, 0.5) is 11.6 Å². The van der Waals surface area contributed by atoms with Crippen molar-refractivity contribution in [3.63, 3.8) is 0 Å². The lowest BCUT2D eigenvalue weighted by molar-refractivity contribution is -0.384. The van der Waals surface area contributed by atoms with Gasteiger partial charge >= 0.3 is 0 Å². The summed E-state index contributed by atoms with van der Waals surface area (Å²) in [5, 5.41) is 17.2. The standard InChI is InChI=1S/C11H13N5O2.ClH/c17-16(18)8-1-2-9-10(5-8)15-11(14-9)13-7-3-4-12-6-7;/h1-2,5,7,12H,3-4,6H2,(H2,13,14,15);1H/t7-;/m1./s1. The average Bonchev–Trinajstić information content (AvgIpc) is 2.96. The van der Waals surface area contributed by atoms with E-state index in [0.717, 1.165) is 25.0 Å². The molecule has 19 heavy (non-hydrogen) atoms. The van der Waals surface area contributed by atoms with E-state index in [2.05, 4.69) is 20.6 Å². The predicted molar refractivity (Wildman–Crippen MR) is 74.9 cm³/mol. The zero-order valence-electron chi connectivity index (χ0n) is 10.0. The number of non-ortho nitro benzene ring substituents is 1. The van der Waals surface area contributed by atoms with Crippen LogP contribution in [0.2, 0.25) is 0 Å². The van der Waals surface area contributed by atoms with Crippen LogP contribution in [0.25, 0.3) is 11.0 Å². The Morgan fingerprint density at radius 1 is 1.47 bits per heavy atom. The van der Waals surface area contributed by atoms with E-state index < -0.39 is 4.92 Å². The van der Waals surface area contributed by atoms with E-state index in [1.165, 1.54) is 12.1 Å². The molecule has 1 aliphatic rings. The van der Waals surface area contributed by atoms with Gasteiger partial charge in [0, 0.05) is 24.7 Å². The molecule has 2 aromatic rings. The van der Waals surface area contributed by atoms with Crippen molar-refractivity contribution in [1.82, 2.24) is 15.3 Å². The second-order valence-electron chi connectivity index (χ2n) is 4.38. The summed E-state index contributed by atoms with van der Waals surface area (Å²) < 4.78 is 0. The highest BCUT2D eigenvalue weighted by molar-refractivity contribution is 5.85. The Bertz CT molecular complexity index is 594. The number of nitrogens with one attached hydrogen (secondary N) is 3. The summed E-state index contributed by atoms with van der Waals surface area (Å²) in [5.74, 6) is 0.666. The van der Waals surface area contributed by atoms with Gasteiger partial charge in [-0.05, 0) is 19.0 Å². The topological polar surface area (TPSA) is 95.9 Å². The Balaban J connectivity index is 0.00000133. The molecule has 1 fully saturated rings. The average molecular weight is 284 g/mol. The summed E-state index contributed by atoms with van der Waals surface area (Å²) in [6, 6.07) is 4.98. The van der Waals surface area contributed by atoms with Crippen LogP contribution in [0, 0.1) is 10.1 Å². The van der Waals surface area contributed by atoms with E-state index >= 15 is 0 Å². The number of halogens is 1. The number of nitro benzene ring substituents is 1. The van der Waals surface area contributed by atoms with Crippen LogP contribution in [0.1, 0.15) is 6.42 Å². The SMILES string of the molecule is Cl.O=[N+]([O-])c1ccc2nc(N[C@@H]3CCNC3)[nH]c2c1. The number of benzene rings is 1. The minimum atomic E-state index is -0.408. The zero-order valence-corrected chi connectivity index (χ0v) is 10.9. The number of H-pyrrole nitrogens is 1. The van der Waals surface area contributed by atoms with Gasteiger partial charge in [0.15, 0.2) is 0 Å². The van der Waals surface area contributed by atoms with Crippen LogP contribution in [-0.4, -0.2) is 34.0 Å². The number of nitro groups is 1. The number of imidazole rings is 1. The number of fused-ring (bicyclic) bond motifs is 1.